The van der Waals surface area contributed by atoms with E-state index in [4.69, 9.17) is 4.74 Å². The average molecular weight is 271 g/mol. The Morgan fingerprint density at radius 2 is 2.16 bits per heavy atom. The van der Waals surface area contributed by atoms with Crippen LogP contribution in [0.1, 0.15) is 27.2 Å². The van der Waals surface area contributed by atoms with Gasteiger partial charge in [0.25, 0.3) is 0 Å². The summed E-state index contributed by atoms with van der Waals surface area (Å²) in [5, 5.41) is 3.30. The van der Waals surface area contributed by atoms with E-state index in [1.807, 2.05) is 6.92 Å². The molecule has 0 aliphatic carbocycles. The van der Waals surface area contributed by atoms with E-state index in [0.29, 0.717) is 12.6 Å². The van der Waals surface area contributed by atoms with Crippen LogP contribution in [0.5, 0.6) is 0 Å². The fraction of sp³-hybridized carbons (Fsp3) is 0.929. The number of nitrogens with zero attached hydrogens (tertiary/aromatic N) is 2. The van der Waals surface area contributed by atoms with Crippen LogP contribution in [0.3, 0.4) is 0 Å². The number of carbonyl (C=O) groups excluding carboxylic acids is 1. The molecular weight excluding hydrogens is 242 g/mol. The van der Waals surface area contributed by atoms with Gasteiger partial charge in [0.1, 0.15) is 6.04 Å². The molecule has 1 N–H and O–H groups in total. The lowest BCUT2D eigenvalue weighted by molar-refractivity contribution is -0.146. The minimum absolute atomic E-state index is 0.123. The minimum atomic E-state index is -0.199. The highest BCUT2D eigenvalue weighted by Crippen LogP contribution is 2.08. The first-order valence-electron chi connectivity index (χ1n) is 7.41. The molecule has 5 nitrogen and oxygen atoms in total. The third-order valence-electron chi connectivity index (χ3n) is 3.70. The van der Waals surface area contributed by atoms with Crippen LogP contribution < -0.4 is 5.32 Å². The molecule has 0 aromatic carbocycles. The first kappa shape index (κ1) is 16.4. The van der Waals surface area contributed by atoms with Crippen LogP contribution in [0.25, 0.3) is 0 Å². The fourth-order valence-electron chi connectivity index (χ4n) is 2.33. The number of hydrogen-bond donors (Lipinski definition) is 1. The summed E-state index contributed by atoms with van der Waals surface area (Å²) in [6, 6.07) is 0.346. The molecule has 0 radical (unpaired) electrons. The highest BCUT2D eigenvalue weighted by atomic mass is 16.5. The zero-order valence-electron chi connectivity index (χ0n) is 12.8. The molecule has 1 aliphatic heterocycles. The smallest absolute Gasteiger partial charge is 0.324 e. The van der Waals surface area contributed by atoms with Crippen molar-refractivity contribution in [3.8, 4) is 0 Å². The maximum absolute atomic E-state index is 11.9. The van der Waals surface area contributed by atoms with Crippen LogP contribution in [0.15, 0.2) is 0 Å². The van der Waals surface area contributed by atoms with E-state index in [1.54, 1.807) is 0 Å². The van der Waals surface area contributed by atoms with Crippen molar-refractivity contribution in [3.05, 3.63) is 0 Å². The number of rotatable bonds is 7. The number of nitrogens with one attached hydrogen (secondary N) is 1. The molecular formula is C14H29N3O2. The molecule has 19 heavy (non-hydrogen) atoms. The van der Waals surface area contributed by atoms with Gasteiger partial charge in [-0.2, -0.15) is 0 Å². The summed E-state index contributed by atoms with van der Waals surface area (Å²) in [5.41, 5.74) is 0. The molecule has 0 aromatic heterocycles. The zero-order valence-corrected chi connectivity index (χ0v) is 12.8. The second-order valence-electron chi connectivity index (χ2n) is 5.35. The monoisotopic (exact) mass is 271 g/mol. The third-order valence-corrected chi connectivity index (χ3v) is 3.70. The molecule has 112 valence electrons. The number of ether oxygens (including phenoxy) is 1. The Labute approximate surface area is 117 Å². The summed E-state index contributed by atoms with van der Waals surface area (Å²) in [7, 11) is 2.15. The number of esters is 1. The van der Waals surface area contributed by atoms with Crippen LogP contribution >= 0.6 is 0 Å². The Morgan fingerprint density at radius 1 is 1.42 bits per heavy atom. The summed E-state index contributed by atoms with van der Waals surface area (Å²) in [6.07, 6.45) is 1.02. The maximum Gasteiger partial charge on any atom is 0.324 e. The molecule has 0 saturated carbocycles. The summed E-state index contributed by atoms with van der Waals surface area (Å²) in [5.74, 6) is -0.123. The van der Waals surface area contributed by atoms with Crippen molar-refractivity contribution in [2.24, 2.45) is 0 Å². The predicted molar refractivity (Wildman–Crippen MR) is 77.2 cm³/mol. The molecule has 1 saturated heterocycles. The van der Waals surface area contributed by atoms with Gasteiger partial charge < -0.3 is 15.0 Å². The fourth-order valence-corrected chi connectivity index (χ4v) is 2.33. The van der Waals surface area contributed by atoms with Crippen LogP contribution in [0.2, 0.25) is 0 Å². The van der Waals surface area contributed by atoms with Gasteiger partial charge in [0.2, 0.25) is 0 Å². The summed E-state index contributed by atoms with van der Waals surface area (Å²) >= 11 is 0. The predicted octanol–water partition coefficient (Wildman–Crippen LogP) is 0.554. The standard InChI is InChI=1S/C14H29N3O2/c1-5-7-15-13(14(18)19-6-2)11-17-9-8-16(4)12(3)10-17/h12-13,15H,5-11H2,1-4H3. The van der Waals surface area contributed by atoms with Crippen molar-refractivity contribution in [1.29, 1.82) is 0 Å². The molecule has 1 heterocycles. The second-order valence-corrected chi connectivity index (χ2v) is 5.35. The van der Waals surface area contributed by atoms with E-state index < -0.39 is 0 Å². The van der Waals surface area contributed by atoms with Gasteiger partial charge in [-0.3, -0.25) is 9.69 Å². The normalized spacial score (nSPS) is 23.3. The molecule has 2 atom stereocenters. The van der Waals surface area contributed by atoms with E-state index in [-0.39, 0.29) is 12.0 Å². The highest BCUT2D eigenvalue weighted by molar-refractivity contribution is 5.76. The van der Waals surface area contributed by atoms with Gasteiger partial charge in [-0.25, -0.2) is 0 Å². The van der Waals surface area contributed by atoms with Crippen molar-refractivity contribution < 1.29 is 9.53 Å². The lowest BCUT2D eigenvalue weighted by atomic mass is 10.1. The Bertz CT molecular complexity index is 273. The SMILES string of the molecule is CCCNC(CN1CCN(C)C(C)C1)C(=O)OCC. The van der Waals surface area contributed by atoms with Gasteiger partial charge in [-0.05, 0) is 33.9 Å². The number of likely N-dealkylation sites (N-methyl/N-ethyl adjacent to an activating group) is 1. The molecule has 0 aromatic rings. The molecule has 0 bridgehead atoms. The Morgan fingerprint density at radius 3 is 2.74 bits per heavy atom. The first-order chi connectivity index (χ1) is 9.08. The van der Waals surface area contributed by atoms with E-state index in [1.165, 1.54) is 0 Å². The van der Waals surface area contributed by atoms with Gasteiger partial charge in [0.05, 0.1) is 6.61 Å². The quantitative estimate of drug-likeness (QED) is 0.685. The third kappa shape index (κ3) is 5.47. The minimum Gasteiger partial charge on any atom is -0.465 e. The van der Waals surface area contributed by atoms with Crippen molar-refractivity contribution in [2.45, 2.75) is 39.3 Å². The molecule has 0 amide bonds. The average Bonchev–Trinajstić information content (AvgIpc) is 2.39. The van der Waals surface area contributed by atoms with Crippen LogP contribution in [0, 0.1) is 0 Å². The number of hydrogen-bond acceptors (Lipinski definition) is 5. The maximum atomic E-state index is 11.9. The van der Waals surface area contributed by atoms with Gasteiger partial charge >= 0.3 is 5.97 Å². The van der Waals surface area contributed by atoms with Gasteiger partial charge in [0.15, 0.2) is 0 Å². The highest BCUT2D eigenvalue weighted by Gasteiger charge is 2.26. The van der Waals surface area contributed by atoms with Gasteiger partial charge in [-0.1, -0.05) is 6.92 Å². The molecule has 2 unspecified atom stereocenters. The largest absolute Gasteiger partial charge is 0.465 e. The van der Waals surface area contributed by atoms with Gasteiger partial charge in [-0.15, -0.1) is 0 Å². The summed E-state index contributed by atoms with van der Waals surface area (Å²) < 4.78 is 5.15. The number of piperazine rings is 1. The molecule has 5 heteroatoms. The van der Waals surface area contributed by atoms with Crippen LogP contribution in [-0.4, -0.2) is 74.2 Å². The van der Waals surface area contributed by atoms with E-state index >= 15 is 0 Å². The van der Waals surface area contributed by atoms with Crippen molar-refractivity contribution in [2.75, 3.05) is 46.4 Å². The Kier molecular flexibility index (Phi) is 7.34. The first-order valence-corrected chi connectivity index (χ1v) is 7.41. The Hall–Kier alpha value is -0.650. The summed E-state index contributed by atoms with van der Waals surface area (Å²) in [4.78, 5) is 16.7. The molecule has 0 spiro atoms. The van der Waals surface area contributed by atoms with E-state index in [2.05, 4.69) is 36.0 Å². The zero-order chi connectivity index (χ0) is 14.3. The van der Waals surface area contributed by atoms with Gasteiger partial charge in [0, 0.05) is 32.2 Å². The van der Waals surface area contributed by atoms with Crippen molar-refractivity contribution in [1.82, 2.24) is 15.1 Å². The van der Waals surface area contributed by atoms with E-state index in [9.17, 15) is 4.79 Å². The number of carbonyl (C=O) groups is 1. The second kappa shape index (κ2) is 8.51. The van der Waals surface area contributed by atoms with Crippen LogP contribution in [-0.2, 0) is 9.53 Å². The summed E-state index contributed by atoms with van der Waals surface area (Å²) in [6.45, 7) is 11.3. The van der Waals surface area contributed by atoms with Crippen molar-refractivity contribution in [3.63, 3.8) is 0 Å². The lowest BCUT2D eigenvalue weighted by Gasteiger charge is -2.38. The van der Waals surface area contributed by atoms with E-state index in [0.717, 1.165) is 39.1 Å². The van der Waals surface area contributed by atoms with Crippen LogP contribution in [0.4, 0.5) is 0 Å². The topological polar surface area (TPSA) is 44.8 Å². The Balaban J connectivity index is 2.49. The molecule has 1 aliphatic rings. The molecule has 1 rings (SSSR count). The van der Waals surface area contributed by atoms with Crippen molar-refractivity contribution >= 4 is 5.97 Å². The molecule has 1 fully saturated rings. The lowest BCUT2D eigenvalue weighted by Crippen LogP contribution is -2.55.